The minimum absolute atomic E-state index is 0.140. The molecule has 0 aliphatic rings. The highest BCUT2D eigenvalue weighted by atomic mass is 16.3. The second-order valence-electron chi connectivity index (χ2n) is 3.09. The number of aldehydes is 1. The molecule has 1 rings (SSSR count). The van der Waals surface area contributed by atoms with Gasteiger partial charge in [-0.15, -0.1) is 0 Å². The molecule has 0 atom stereocenters. The highest BCUT2D eigenvalue weighted by Gasteiger charge is 2.05. The number of hydrogen-bond acceptors (Lipinski definition) is 2. The largest absolute Gasteiger partial charge is 0.508 e. The Morgan fingerprint density at radius 3 is 2.58 bits per heavy atom. The van der Waals surface area contributed by atoms with E-state index in [0.29, 0.717) is 11.5 Å². The SMILES string of the molecule is CC(C)c1ccc(O)cc1C=O. The molecule has 0 saturated heterocycles. The van der Waals surface area contributed by atoms with Gasteiger partial charge in [0, 0.05) is 5.56 Å². The highest BCUT2D eigenvalue weighted by Crippen LogP contribution is 2.21. The summed E-state index contributed by atoms with van der Waals surface area (Å²) in [6.07, 6.45) is 0.773. The summed E-state index contributed by atoms with van der Waals surface area (Å²) in [6, 6.07) is 4.87. The van der Waals surface area contributed by atoms with Crippen molar-refractivity contribution < 1.29 is 9.90 Å². The van der Waals surface area contributed by atoms with Gasteiger partial charge in [-0.2, -0.15) is 0 Å². The predicted molar refractivity (Wildman–Crippen MR) is 47.6 cm³/mol. The smallest absolute Gasteiger partial charge is 0.150 e. The van der Waals surface area contributed by atoms with Crippen molar-refractivity contribution in [3.8, 4) is 5.75 Å². The Balaban J connectivity index is 3.20. The summed E-state index contributed by atoms with van der Waals surface area (Å²) in [7, 11) is 0. The van der Waals surface area contributed by atoms with Gasteiger partial charge in [-0.1, -0.05) is 19.9 Å². The predicted octanol–water partition coefficient (Wildman–Crippen LogP) is 2.33. The molecule has 2 nitrogen and oxygen atoms in total. The van der Waals surface area contributed by atoms with E-state index in [0.717, 1.165) is 11.8 Å². The van der Waals surface area contributed by atoms with E-state index in [1.165, 1.54) is 6.07 Å². The zero-order valence-corrected chi connectivity index (χ0v) is 7.24. The summed E-state index contributed by atoms with van der Waals surface area (Å²) in [5.74, 6) is 0.451. The Bertz CT molecular complexity index is 290. The molecule has 0 amide bonds. The summed E-state index contributed by atoms with van der Waals surface area (Å²) in [4.78, 5) is 10.6. The van der Waals surface area contributed by atoms with E-state index in [9.17, 15) is 4.79 Å². The van der Waals surface area contributed by atoms with Crippen LogP contribution in [0.4, 0.5) is 0 Å². The molecule has 0 unspecified atom stereocenters. The van der Waals surface area contributed by atoms with Gasteiger partial charge in [0.15, 0.2) is 0 Å². The fourth-order valence-electron chi connectivity index (χ4n) is 1.19. The van der Waals surface area contributed by atoms with E-state index >= 15 is 0 Å². The van der Waals surface area contributed by atoms with Gasteiger partial charge in [-0.3, -0.25) is 4.79 Å². The molecule has 0 aliphatic carbocycles. The topological polar surface area (TPSA) is 37.3 Å². The molecule has 2 heteroatoms. The third kappa shape index (κ3) is 1.64. The number of rotatable bonds is 2. The van der Waals surface area contributed by atoms with Crippen molar-refractivity contribution in [3.05, 3.63) is 29.3 Å². The zero-order valence-electron chi connectivity index (χ0n) is 7.24. The van der Waals surface area contributed by atoms with Gasteiger partial charge in [0.05, 0.1) is 0 Å². The van der Waals surface area contributed by atoms with Crippen LogP contribution >= 0.6 is 0 Å². The van der Waals surface area contributed by atoms with Gasteiger partial charge < -0.3 is 5.11 Å². The lowest BCUT2D eigenvalue weighted by Gasteiger charge is -2.07. The Hall–Kier alpha value is -1.31. The molecule has 1 aromatic rings. The second-order valence-corrected chi connectivity index (χ2v) is 3.09. The molecule has 0 radical (unpaired) electrons. The van der Waals surface area contributed by atoms with E-state index in [1.807, 2.05) is 13.8 Å². The number of carbonyl (C=O) groups is 1. The molecule has 1 N–H and O–H groups in total. The summed E-state index contributed by atoms with van der Waals surface area (Å²) in [6.45, 7) is 4.03. The Morgan fingerprint density at radius 1 is 1.42 bits per heavy atom. The van der Waals surface area contributed by atoms with Crippen molar-refractivity contribution in [2.75, 3.05) is 0 Å². The zero-order chi connectivity index (χ0) is 9.14. The number of hydrogen-bond donors (Lipinski definition) is 1. The standard InChI is InChI=1S/C10H12O2/c1-7(2)10-4-3-9(12)5-8(10)6-11/h3-7,12H,1-2H3. The molecule has 0 bridgehead atoms. The minimum atomic E-state index is 0.140. The fraction of sp³-hybridized carbons (Fsp3) is 0.300. The van der Waals surface area contributed by atoms with Crippen molar-refractivity contribution in [2.45, 2.75) is 19.8 Å². The molecular weight excluding hydrogens is 152 g/mol. The summed E-state index contributed by atoms with van der Waals surface area (Å²) in [5.41, 5.74) is 1.55. The Morgan fingerprint density at radius 2 is 2.08 bits per heavy atom. The maximum Gasteiger partial charge on any atom is 0.150 e. The Kier molecular flexibility index (Phi) is 2.48. The number of benzene rings is 1. The lowest BCUT2D eigenvalue weighted by atomic mass is 9.98. The molecule has 0 fully saturated rings. The first kappa shape index (κ1) is 8.78. The summed E-state index contributed by atoms with van der Waals surface area (Å²) in [5, 5.41) is 9.09. The molecule has 0 aromatic heterocycles. The van der Waals surface area contributed by atoms with E-state index in [2.05, 4.69) is 0 Å². The normalized spacial score (nSPS) is 10.2. The lowest BCUT2D eigenvalue weighted by molar-refractivity contribution is 0.112. The van der Waals surface area contributed by atoms with Crippen molar-refractivity contribution in [2.24, 2.45) is 0 Å². The molecule has 0 aliphatic heterocycles. The van der Waals surface area contributed by atoms with Crippen LogP contribution in [-0.4, -0.2) is 11.4 Å². The number of phenols is 1. The highest BCUT2D eigenvalue weighted by molar-refractivity contribution is 5.78. The quantitative estimate of drug-likeness (QED) is 0.681. The van der Waals surface area contributed by atoms with Gasteiger partial charge >= 0.3 is 0 Å². The van der Waals surface area contributed by atoms with Crippen molar-refractivity contribution in [1.82, 2.24) is 0 Å². The van der Waals surface area contributed by atoms with Crippen LogP contribution in [0, 0.1) is 0 Å². The average Bonchev–Trinajstić information content (AvgIpc) is 2.03. The molecule has 0 heterocycles. The molecule has 64 valence electrons. The van der Waals surface area contributed by atoms with Crippen LogP contribution in [0.1, 0.15) is 35.7 Å². The third-order valence-electron chi connectivity index (χ3n) is 1.82. The van der Waals surface area contributed by atoms with Crippen LogP contribution in [0.15, 0.2) is 18.2 Å². The summed E-state index contributed by atoms with van der Waals surface area (Å²) >= 11 is 0. The minimum Gasteiger partial charge on any atom is -0.508 e. The van der Waals surface area contributed by atoms with E-state index in [-0.39, 0.29) is 5.75 Å². The van der Waals surface area contributed by atoms with Crippen LogP contribution < -0.4 is 0 Å². The first-order valence-electron chi connectivity index (χ1n) is 3.93. The van der Waals surface area contributed by atoms with Crippen LogP contribution in [-0.2, 0) is 0 Å². The van der Waals surface area contributed by atoms with Crippen LogP contribution in [0.2, 0.25) is 0 Å². The van der Waals surface area contributed by atoms with Gasteiger partial charge in [0.1, 0.15) is 12.0 Å². The average molecular weight is 164 g/mol. The fourth-order valence-corrected chi connectivity index (χ4v) is 1.19. The van der Waals surface area contributed by atoms with Gasteiger partial charge in [0.2, 0.25) is 0 Å². The molecular formula is C10H12O2. The Labute approximate surface area is 71.8 Å². The van der Waals surface area contributed by atoms with Crippen molar-refractivity contribution >= 4 is 6.29 Å². The number of carbonyl (C=O) groups excluding carboxylic acids is 1. The molecule has 0 saturated carbocycles. The lowest BCUT2D eigenvalue weighted by Crippen LogP contribution is -1.93. The monoisotopic (exact) mass is 164 g/mol. The van der Waals surface area contributed by atoms with E-state index in [1.54, 1.807) is 12.1 Å². The van der Waals surface area contributed by atoms with E-state index in [4.69, 9.17) is 5.11 Å². The van der Waals surface area contributed by atoms with Crippen molar-refractivity contribution in [3.63, 3.8) is 0 Å². The van der Waals surface area contributed by atoms with Crippen LogP contribution in [0.3, 0.4) is 0 Å². The van der Waals surface area contributed by atoms with Gasteiger partial charge in [0.25, 0.3) is 0 Å². The third-order valence-corrected chi connectivity index (χ3v) is 1.82. The molecule has 1 aromatic carbocycles. The first-order valence-corrected chi connectivity index (χ1v) is 3.93. The van der Waals surface area contributed by atoms with Gasteiger partial charge in [-0.25, -0.2) is 0 Å². The van der Waals surface area contributed by atoms with Crippen molar-refractivity contribution in [1.29, 1.82) is 0 Å². The van der Waals surface area contributed by atoms with Gasteiger partial charge in [-0.05, 0) is 23.6 Å². The second kappa shape index (κ2) is 3.39. The van der Waals surface area contributed by atoms with Crippen LogP contribution in [0.5, 0.6) is 5.75 Å². The van der Waals surface area contributed by atoms with Crippen LogP contribution in [0.25, 0.3) is 0 Å². The molecule has 0 spiro atoms. The van der Waals surface area contributed by atoms with E-state index < -0.39 is 0 Å². The number of phenolic OH excluding ortho intramolecular Hbond substituents is 1. The first-order chi connectivity index (χ1) is 5.65. The maximum absolute atomic E-state index is 10.6. The number of aromatic hydroxyl groups is 1. The maximum atomic E-state index is 10.6. The molecule has 12 heavy (non-hydrogen) atoms. The summed E-state index contributed by atoms with van der Waals surface area (Å²) < 4.78 is 0.